The smallest absolute Gasteiger partial charge is 0.0222 e. The van der Waals surface area contributed by atoms with Crippen LogP contribution in [0.15, 0.2) is 12.3 Å². The van der Waals surface area contributed by atoms with Crippen LogP contribution in [-0.4, -0.2) is 18.5 Å². The minimum absolute atomic E-state index is 0.392. The van der Waals surface area contributed by atoms with E-state index in [4.69, 9.17) is 0 Å². The summed E-state index contributed by atoms with van der Waals surface area (Å²) in [5, 5.41) is 0. The van der Waals surface area contributed by atoms with Gasteiger partial charge in [0.2, 0.25) is 0 Å². The number of allylic oxidation sites excluding steroid dienone is 1. The summed E-state index contributed by atoms with van der Waals surface area (Å²) in [5.74, 6) is 0.823. The zero-order valence-electron chi connectivity index (χ0n) is 12.9. The van der Waals surface area contributed by atoms with Crippen molar-refractivity contribution in [3.05, 3.63) is 12.3 Å². The zero-order valence-corrected chi connectivity index (χ0v) is 12.9. The molecular formula is C15H33N. The first kappa shape index (κ1) is 17.9. The molecule has 0 fully saturated rings. The number of hydrogen-bond acceptors (Lipinski definition) is 1. The molecule has 0 heterocycles. The van der Waals surface area contributed by atoms with Crippen molar-refractivity contribution in [2.24, 2.45) is 11.3 Å². The summed E-state index contributed by atoms with van der Waals surface area (Å²) >= 11 is 0. The van der Waals surface area contributed by atoms with Crippen LogP contribution >= 0.6 is 0 Å². The summed E-state index contributed by atoms with van der Waals surface area (Å²) < 4.78 is 0. The Kier molecular flexibility index (Phi) is 9.70. The first-order valence-corrected chi connectivity index (χ1v) is 6.65. The lowest BCUT2D eigenvalue weighted by Gasteiger charge is -2.33. The molecule has 0 aliphatic carbocycles. The predicted molar refractivity (Wildman–Crippen MR) is 76.6 cm³/mol. The Balaban J connectivity index is 0. The molecule has 0 aromatic heterocycles. The molecular weight excluding hydrogens is 194 g/mol. The highest BCUT2D eigenvalue weighted by atomic mass is 15.1. The summed E-state index contributed by atoms with van der Waals surface area (Å²) in [6.45, 7) is 20.4. The highest BCUT2D eigenvalue weighted by Crippen LogP contribution is 2.28. The molecule has 0 radical (unpaired) electrons. The molecule has 0 bridgehead atoms. The molecule has 98 valence electrons. The highest BCUT2D eigenvalue weighted by molar-refractivity contribution is 4.89. The Morgan fingerprint density at radius 2 is 1.75 bits per heavy atom. The molecule has 0 aliphatic heterocycles. The molecule has 0 amide bonds. The van der Waals surface area contributed by atoms with Crippen molar-refractivity contribution < 1.29 is 0 Å². The Morgan fingerprint density at radius 1 is 1.31 bits per heavy atom. The molecule has 0 saturated heterocycles. The normalized spacial score (nSPS) is 12.5. The van der Waals surface area contributed by atoms with Gasteiger partial charge in [0, 0.05) is 19.3 Å². The van der Waals surface area contributed by atoms with Gasteiger partial charge in [-0.25, -0.2) is 0 Å². The van der Waals surface area contributed by atoms with Crippen LogP contribution in [0.1, 0.15) is 61.3 Å². The summed E-state index contributed by atoms with van der Waals surface area (Å²) in [6, 6.07) is 0. The molecule has 1 heteroatoms. The third-order valence-corrected chi connectivity index (χ3v) is 2.91. The van der Waals surface area contributed by atoms with Gasteiger partial charge in [-0.15, -0.1) is 0 Å². The Morgan fingerprint density at radius 3 is 2.06 bits per heavy atom. The van der Waals surface area contributed by atoms with E-state index in [-0.39, 0.29) is 0 Å². The van der Waals surface area contributed by atoms with Gasteiger partial charge in [0.05, 0.1) is 0 Å². The maximum atomic E-state index is 3.96. The second-order valence-electron chi connectivity index (χ2n) is 5.47. The van der Waals surface area contributed by atoms with Crippen molar-refractivity contribution >= 4 is 0 Å². The van der Waals surface area contributed by atoms with E-state index in [0.717, 1.165) is 18.2 Å². The Labute approximate surface area is 104 Å². The van der Waals surface area contributed by atoms with Gasteiger partial charge < -0.3 is 4.90 Å². The molecule has 0 N–H and O–H groups in total. The fraction of sp³-hybridized carbons (Fsp3) is 0.867. The van der Waals surface area contributed by atoms with Crippen LogP contribution in [0, 0.1) is 11.3 Å². The van der Waals surface area contributed by atoms with Crippen LogP contribution in [0.3, 0.4) is 0 Å². The van der Waals surface area contributed by atoms with E-state index >= 15 is 0 Å². The van der Waals surface area contributed by atoms with E-state index in [2.05, 4.69) is 53.1 Å². The van der Waals surface area contributed by atoms with Crippen LogP contribution in [0.5, 0.6) is 0 Å². The zero-order chi connectivity index (χ0) is 13.4. The van der Waals surface area contributed by atoms with Crippen molar-refractivity contribution in [3.63, 3.8) is 0 Å². The van der Waals surface area contributed by atoms with Gasteiger partial charge in [0.15, 0.2) is 0 Å². The lowest BCUT2D eigenvalue weighted by molar-refractivity contribution is 0.201. The highest BCUT2D eigenvalue weighted by Gasteiger charge is 2.22. The second-order valence-corrected chi connectivity index (χ2v) is 5.47. The molecule has 16 heavy (non-hydrogen) atoms. The lowest BCUT2D eigenvalue weighted by Crippen LogP contribution is -2.31. The van der Waals surface area contributed by atoms with E-state index in [0.29, 0.717) is 5.41 Å². The first-order chi connectivity index (χ1) is 7.28. The average Bonchev–Trinajstić information content (AvgIpc) is 2.19. The second kappa shape index (κ2) is 8.66. The van der Waals surface area contributed by atoms with E-state index in [9.17, 15) is 0 Å². The van der Waals surface area contributed by atoms with Gasteiger partial charge >= 0.3 is 0 Å². The van der Waals surface area contributed by atoms with Crippen molar-refractivity contribution in [1.29, 1.82) is 0 Å². The van der Waals surface area contributed by atoms with Gasteiger partial charge in [-0.1, -0.05) is 54.5 Å². The van der Waals surface area contributed by atoms with E-state index in [1.54, 1.807) is 0 Å². The van der Waals surface area contributed by atoms with Crippen molar-refractivity contribution in [2.45, 2.75) is 61.3 Å². The summed E-state index contributed by atoms with van der Waals surface area (Å²) in [5.41, 5.74) is 1.55. The molecule has 1 nitrogen and oxygen atoms in total. The van der Waals surface area contributed by atoms with Crippen molar-refractivity contribution in [1.82, 2.24) is 4.90 Å². The van der Waals surface area contributed by atoms with Crippen LogP contribution < -0.4 is 0 Å². The van der Waals surface area contributed by atoms with Gasteiger partial charge in [0.1, 0.15) is 0 Å². The number of nitrogens with zero attached hydrogens (tertiary/aromatic N) is 1. The van der Waals surface area contributed by atoms with Gasteiger partial charge in [-0.2, -0.15) is 0 Å². The average molecular weight is 227 g/mol. The molecule has 1 unspecified atom stereocenters. The number of rotatable bonds is 6. The van der Waals surface area contributed by atoms with Gasteiger partial charge in [0.25, 0.3) is 0 Å². The Hall–Kier alpha value is -0.460. The quantitative estimate of drug-likeness (QED) is 0.621. The van der Waals surface area contributed by atoms with Crippen LogP contribution in [0.4, 0.5) is 0 Å². The van der Waals surface area contributed by atoms with E-state index in [1.807, 2.05) is 13.8 Å². The third-order valence-electron chi connectivity index (χ3n) is 2.91. The minimum atomic E-state index is 0.392. The third kappa shape index (κ3) is 8.82. The number of hydrogen-bond donors (Lipinski definition) is 0. The summed E-state index contributed by atoms with van der Waals surface area (Å²) in [6.07, 6.45) is 2.57. The molecule has 0 aromatic carbocycles. The molecule has 0 saturated carbocycles. The monoisotopic (exact) mass is 227 g/mol. The minimum Gasteiger partial charge on any atom is -0.378 e. The first-order valence-electron chi connectivity index (χ1n) is 6.65. The largest absolute Gasteiger partial charge is 0.378 e. The maximum Gasteiger partial charge on any atom is 0.0222 e. The summed E-state index contributed by atoms with van der Waals surface area (Å²) in [4.78, 5) is 2.25. The van der Waals surface area contributed by atoms with Crippen LogP contribution in [0.25, 0.3) is 0 Å². The van der Waals surface area contributed by atoms with Crippen molar-refractivity contribution in [3.8, 4) is 0 Å². The summed E-state index contributed by atoms with van der Waals surface area (Å²) in [7, 11) is 2.13. The topological polar surface area (TPSA) is 3.24 Å². The van der Waals surface area contributed by atoms with Crippen LogP contribution in [-0.2, 0) is 0 Å². The van der Waals surface area contributed by atoms with Crippen molar-refractivity contribution in [2.75, 3.05) is 13.6 Å². The molecule has 1 atom stereocenters. The maximum absolute atomic E-state index is 3.96. The molecule has 0 spiro atoms. The SMILES string of the molecule is C=C(C)N(C)CC(C)(C)CC(C)CC.CC. The van der Waals surface area contributed by atoms with Gasteiger partial charge in [-0.05, 0) is 24.7 Å². The van der Waals surface area contributed by atoms with E-state index < -0.39 is 0 Å². The molecule has 0 rings (SSSR count). The molecule has 0 aliphatic rings. The predicted octanol–water partition coefficient (Wildman–Crippen LogP) is 4.94. The van der Waals surface area contributed by atoms with Crippen LogP contribution in [0.2, 0.25) is 0 Å². The molecule has 0 aromatic rings. The van der Waals surface area contributed by atoms with E-state index in [1.165, 1.54) is 12.8 Å². The fourth-order valence-electron chi connectivity index (χ4n) is 1.93. The van der Waals surface area contributed by atoms with Gasteiger partial charge in [-0.3, -0.25) is 0 Å². The Bertz CT molecular complexity index is 182. The standard InChI is InChI=1S/C13H27N.C2H6/c1-8-12(4)9-13(5,6)10-14(7)11(2)3;1-2/h12H,2,8-10H2,1,3-7H3;1-2H3. The fourth-order valence-corrected chi connectivity index (χ4v) is 1.93. The lowest BCUT2D eigenvalue weighted by atomic mass is 9.82.